The molecule has 6 heteroatoms. The van der Waals surface area contributed by atoms with Crippen LogP contribution in [0.3, 0.4) is 0 Å². The van der Waals surface area contributed by atoms with Gasteiger partial charge in [-0.25, -0.2) is 0 Å². The maximum atomic E-state index is 13.4. The van der Waals surface area contributed by atoms with Gasteiger partial charge in [0.25, 0.3) is 11.5 Å². The van der Waals surface area contributed by atoms with Crippen molar-refractivity contribution in [1.29, 1.82) is 0 Å². The number of carbonyl (C=O) groups excluding carboxylic acids is 2. The molecule has 0 aromatic carbocycles. The molecule has 0 radical (unpaired) electrons. The number of H-pyrrole nitrogens is 1. The van der Waals surface area contributed by atoms with E-state index in [1.54, 1.807) is 24.0 Å². The number of likely N-dealkylation sites (tertiary alicyclic amines) is 2. The topological polar surface area (TPSA) is 73.5 Å². The highest BCUT2D eigenvalue weighted by Gasteiger charge is 2.49. The van der Waals surface area contributed by atoms with Gasteiger partial charge in [-0.2, -0.15) is 0 Å². The summed E-state index contributed by atoms with van der Waals surface area (Å²) in [5.74, 6) is 0.743. The zero-order chi connectivity index (χ0) is 20.4. The van der Waals surface area contributed by atoms with Crippen molar-refractivity contribution < 1.29 is 9.59 Å². The third-order valence-electron chi connectivity index (χ3n) is 7.28. The number of aromatic nitrogens is 1. The van der Waals surface area contributed by atoms with E-state index in [4.69, 9.17) is 0 Å². The zero-order valence-electron chi connectivity index (χ0n) is 17.5. The normalized spacial score (nSPS) is 25.8. The molecule has 1 atom stereocenters. The van der Waals surface area contributed by atoms with Gasteiger partial charge in [-0.1, -0.05) is 32.1 Å². The van der Waals surface area contributed by atoms with Gasteiger partial charge in [0.15, 0.2) is 0 Å². The van der Waals surface area contributed by atoms with Crippen LogP contribution in [0.4, 0.5) is 0 Å². The summed E-state index contributed by atoms with van der Waals surface area (Å²) in [7, 11) is 0. The van der Waals surface area contributed by atoms with Gasteiger partial charge in [-0.3, -0.25) is 14.4 Å². The maximum Gasteiger partial charge on any atom is 0.260 e. The summed E-state index contributed by atoms with van der Waals surface area (Å²) in [6.45, 7) is 4.49. The molecule has 1 aromatic rings. The second-order valence-electron chi connectivity index (χ2n) is 9.33. The number of pyridine rings is 1. The van der Waals surface area contributed by atoms with Crippen LogP contribution in [0.2, 0.25) is 0 Å². The van der Waals surface area contributed by atoms with E-state index in [-0.39, 0.29) is 22.9 Å². The van der Waals surface area contributed by atoms with Crippen molar-refractivity contribution in [2.24, 2.45) is 11.3 Å². The van der Waals surface area contributed by atoms with Crippen molar-refractivity contribution in [1.82, 2.24) is 14.8 Å². The molecule has 1 spiro atoms. The van der Waals surface area contributed by atoms with Gasteiger partial charge in [0.05, 0.1) is 5.41 Å². The Bertz CT molecular complexity index is 827. The predicted octanol–water partition coefficient (Wildman–Crippen LogP) is 3.11. The van der Waals surface area contributed by atoms with Gasteiger partial charge < -0.3 is 14.8 Å². The number of hydrogen-bond acceptors (Lipinski definition) is 3. The first kappa shape index (κ1) is 20.2. The minimum atomic E-state index is -0.446. The zero-order valence-corrected chi connectivity index (χ0v) is 17.5. The van der Waals surface area contributed by atoms with Crippen LogP contribution in [0.25, 0.3) is 0 Å². The minimum Gasteiger partial charge on any atom is -0.342 e. The van der Waals surface area contributed by atoms with Gasteiger partial charge >= 0.3 is 0 Å². The fourth-order valence-electron chi connectivity index (χ4n) is 5.52. The van der Waals surface area contributed by atoms with E-state index in [9.17, 15) is 14.4 Å². The summed E-state index contributed by atoms with van der Waals surface area (Å²) in [6.07, 6.45) is 10.3. The van der Waals surface area contributed by atoms with E-state index in [2.05, 4.69) is 9.88 Å². The Morgan fingerprint density at radius 3 is 2.66 bits per heavy atom. The van der Waals surface area contributed by atoms with Crippen molar-refractivity contribution >= 4 is 11.8 Å². The smallest absolute Gasteiger partial charge is 0.260 e. The molecule has 1 saturated carbocycles. The number of aromatic amines is 1. The van der Waals surface area contributed by atoms with E-state index in [1.165, 1.54) is 32.1 Å². The molecule has 0 bridgehead atoms. The first-order valence-electron chi connectivity index (χ1n) is 11.3. The highest BCUT2D eigenvalue weighted by molar-refractivity contribution is 5.95. The minimum absolute atomic E-state index is 0.171. The molecule has 3 heterocycles. The second kappa shape index (κ2) is 8.33. The Labute approximate surface area is 172 Å². The maximum absolute atomic E-state index is 13.4. The van der Waals surface area contributed by atoms with Crippen LogP contribution < -0.4 is 5.56 Å². The predicted molar refractivity (Wildman–Crippen MR) is 112 cm³/mol. The average molecular weight is 400 g/mol. The van der Waals surface area contributed by atoms with Crippen molar-refractivity contribution in [2.75, 3.05) is 26.2 Å². The van der Waals surface area contributed by atoms with Crippen molar-refractivity contribution in [2.45, 2.75) is 64.7 Å². The second-order valence-corrected chi connectivity index (χ2v) is 9.33. The van der Waals surface area contributed by atoms with Gasteiger partial charge in [-0.05, 0) is 50.7 Å². The van der Waals surface area contributed by atoms with Crippen LogP contribution in [0.1, 0.15) is 73.8 Å². The monoisotopic (exact) mass is 399 g/mol. The van der Waals surface area contributed by atoms with Gasteiger partial charge in [-0.15, -0.1) is 0 Å². The lowest BCUT2D eigenvalue weighted by Gasteiger charge is -2.40. The Balaban J connectivity index is 1.40. The van der Waals surface area contributed by atoms with E-state index in [0.717, 1.165) is 44.0 Å². The van der Waals surface area contributed by atoms with Crippen molar-refractivity contribution in [3.05, 3.63) is 33.7 Å². The summed E-state index contributed by atoms with van der Waals surface area (Å²) >= 11 is 0. The Morgan fingerprint density at radius 1 is 1.10 bits per heavy atom. The quantitative estimate of drug-likeness (QED) is 0.845. The van der Waals surface area contributed by atoms with E-state index in [1.807, 2.05) is 0 Å². The average Bonchev–Trinajstić information content (AvgIpc) is 3.15. The molecule has 0 unspecified atom stereocenters. The molecule has 1 N–H and O–H groups in total. The summed E-state index contributed by atoms with van der Waals surface area (Å²) in [5.41, 5.74) is 0.114. The molecular formula is C23H33N3O3. The highest BCUT2D eigenvalue weighted by atomic mass is 16.2. The lowest BCUT2D eigenvalue weighted by Crippen LogP contribution is -2.51. The molecular weight excluding hydrogens is 366 g/mol. The highest BCUT2D eigenvalue weighted by Crippen LogP contribution is 2.40. The standard InChI is InChI=1S/C23H33N3O3/c1-17-8-9-19(20(27)24-17)21(28)26-15-12-23(16-26)11-5-13-25(22(23)29)14-10-18-6-3-2-4-7-18/h8-9,18H,2-7,10-16H2,1H3,(H,24,27)/t23-/m0/s1. The third kappa shape index (κ3) is 4.12. The number of amides is 2. The first-order valence-corrected chi connectivity index (χ1v) is 11.3. The number of piperidine rings is 1. The lowest BCUT2D eigenvalue weighted by atomic mass is 9.78. The Hall–Kier alpha value is -2.11. The molecule has 2 amide bonds. The molecule has 3 fully saturated rings. The van der Waals surface area contributed by atoms with E-state index < -0.39 is 5.41 Å². The number of nitrogens with zero attached hydrogens (tertiary/aromatic N) is 2. The molecule has 6 nitrogen and oxygen atoms in total. The lowest BCUT2D eigenvalue weighted by molar-refractivity contribution is -0.145. The molecule has 2 aliphatic heterocycles. The van der Waals surface area contributed by atoms with Crippen LogP contribution in [-0.4, -0.2) is 52.8 Å². The van der Waals surface area contributed by atoms with Gasteiger partial charge in [0.2, 0.25) is 5.91 Å². The molecule has 158 valence electrons. The van der Waals surface area contributed by atoms with Gasteiger partial charge in [0.1, 0.15) is 5.56 Å². The summed E-state index contributed by atoms with van der Waals surface area (Å²) in [6, 6.07) is 3.35. The largest absolute Gasteiger partial charge is 0.342 e. The van der Waals surface area contributed by atoms with Crippen LogP contribution in [0, 0.1) is 18.3 Å². The summed E-state index contributed by atoms with van der Waals surface area (Å²) < 4.78 is 0. The van der Waals surface area contributed by atoms with Gasteiger partial charge in [0, 0.05) is 31.9 Å². The summed E-state index contributed by atoms with van der Waals surface area (Å²) in [4.78, 5) is 44.9. The third-order valence-corrected chi connectivity index (χ3v) is 7.28. The first-order chi connectivity index (χ1) is 14.0. The Morgan fingerprint density at radius 2 is 1.90 bits per heavy atom. The van der Waals surface area contributed by atoms with Crippen molar-refractivity contribution in [3.8, 4) is 0 Å². The molecule has 4 rings (SSSR count). The number of carbonyl (C=O) groups is 2. The molecule has 1 aliphatic carbocycles. The number of aryl methyl sites for hydroxylation is 1. The van der Waals surface area contributed by atoms with Crippen LogP contribution in [0.15, 0.2) is 16.9 Å². The number of nitrogens with one attached hydrogen (secondary N) is 1. The molecule has 29 heavy (non-hydrogen) atoms. The van der Waals surface area contributed by atoms with Crippen molar-refractivity contribution in [3.63, 3.8) is 0 Å². The fraction of sp³-hybridized carbons (Fsp3) is 0.696. The number of hydrogen-bond donors (Lipinski definition) is 1. The van der Waals surface area contributed by atoms with Crippen LogP contribution in [0.5, 0.6) is 0 Å². The summed E-state index contributed by atoms with van der Waals surface area (Å²) in [5, 5.41) is 0. The molecule has 2 saturated heterocycles. The molecule has 1 aromatic heterocycles. The van der Waals surface area contributed by atoms with Crippen LogP contribution >= 0.6 is 0 Å². The van der Waals surface area contributed by atoms with Crippen LogP contribution in [-0.2, 0) is 4.79 Å². The molecule has 3 aliphatic rings. The number of rotatable bonds is 4. The Kier molecular flexibility index (Phi) is 5.79. The fourth-order valence-corrected chi connectivity index (χ4v) is 5.52. The SMILES string of the molecule is Cc1ccc(C(=O)N2CC[C@@]3(CCCN(CCC4CCCCC4)C3=O)C2)c(=O)[nH]1. The van der Waals surface area contributed by atoms with E-state index in [0.29, 0.717) is 19.5 Å². The van der Waals surface area contributed by atoms with E-state index >= 15 is 0 Å².